The molecule has 0 saturated carbocycles. The summed E-state index contributed by atoms with van der Waals surface area (Å²) >= 11 is 0. The molecule has 6 heteroatoms. The van der Waals surface area contributed by atoms with Gasteiger partial charge in [-0.25, -0.2) is 0 Å². The minimum Gasteiger partial charge on any atom is -0.480 e. The molecule has 2 atom stereocenters. The molecular formula is C23H23N5O. The highest BCUT2D eigenvalue weighted by atomic mass is 16.5. The Morgan fingerprint density at radius 2 is 1.76 bits per heavy atom. The van der Waals surface area contributed by atoms with Crippen LogP contribution in [-0.2, 0) is 11.2 Å². The highest BCUT2D eigenvalue weighted by Crippen LogP contribution is 2.47. The zero-order valence-corrected chi connectivity index (χ0v) is 16.8. The summed E-state index contributed by atoms with van der Waals surface area (Å²) in [6.45, 7) is 0. The third-order valence-corrected chi connectivity index (χ3v) is 5.27. The van der Waals surface area contributed by atoms with Gasteiger partial charge >= 0.3 is 0 Å². The first-order valence-electron chi connectivity index (χ1n) is 9.22. The molecule has 0 saturated heterocycles. The Kier molecular flexibility index (Phi) is 5.57. The predicted octanol–water partition coefficient (Wildman–Crippen LogP) is 3.34. The summed E-state index contributed by atoms with van der Waals surface area (Å²) in [7, 11) is 5.39. The minimum absolute atomic E-state index is 0.154. The lowest BCUT2D eigenvalue weighted by Crippen LogP contribution is -2.46. The lowest BCUT2D eigenvalue weighted by molar-refractivity contribution is 0.271. The van der Waals surface area contributed by atoms with Crippen LogP contribution in [0.3, 0.4) is 0 Å². The van der Waals surface area contributed by atoms with Gasteiger partial charge in [-0.2, -0.15) is 15.5 Å². The van der Waals surface area contributed by atoms with E-state index >= 15 is 0 Å². The number of methoxy groups -OCH3 is 1. The van der Waals surface area contributed by atoms with Crippen molar-refractivity contribution in [3.63, 3.8) is 0 Å². The standard InChI is InChI=1S/C23H23N5O/c1-28(2)18-11-9-16(10-12-18)13-23(15-25)20(17-7-5-4-6-8-17)19(14-24)21(29-3)27-22(23)26/h4-12,20H,13H2,1-3H3,(H2,26,27). The molecule has 6 nitrogen and oxygen atoms in total. The van der Waals surface area contributed by atoms with Gasteiger partial charge in [0, 0.05) is 19.8 Å². The number of ether oxygens (including phenoxy) is 1. The van der Waals surface area contributed by atoms with Crippen LogP contribution < -0.4 is 10.6 Å². The first-order valence-corrected chi connectivity index (χ1v) is 9.22. The van der Waals surface area contributed by atoms with Crippen LogP contribution in [0.4, 0.5) is 5.69 Å². The van der Waals surface area contributed by atoms with Crippen LogP contribution in [0.15, 0.2) is 71.0 Å². The van der Waals surface area contributed by atoms with Crippen LogP contribution in [0.1, 0.15) is 17.0 Å². The molecule has 29 heavy (non-hydrogen) atoms. The summed E-state index contributed by atoms with van der Waals surface area (Å²) in [5.74, 6) is -0.270. The van der Waals surface area contributed by atoms with Crippen molar-refractivity contribution in [1.82, 2.24) is 0 Å². The van der Waals surface area contributed by atoms with Gasteiger partial charge in [-0.05, 0) is 29.7 Å². The number of anilines is 1. The highest BCUT2D eigenvalue weighted by molar-refractivity contribution is 5.93. The van der Waals surface area contributed by atoms with Crippen molar-refractivity contribution in [1.29, 1.82) is 10.5 Å². The molecule has 0 aromatic heterocycles. The third kappa shape index (κ3) is 3.53. The van der Waals surface area contributed by atoms with E-state index in [0.717, 1.165) is 16.8 Å². The van der Waals surface area contributed by atoms with Gasteiger partial charge in [-0.15, -0.1) is 0 Å². The number of hydrogen-bond acceptors (Lipinski definition) is 6. The lowest BCUT2D eigenvalue weighted by Gasteiger charge is -2.37. The predicted molar refractivity (Wildman–Crippen MR) is 113 cm³/mol. The largest absolute Gasteiger partial charge is 0.480 e. The zero-order valence-electron chi connectivity index (χ0n) is 16.8. The van der Waals surface area contributed by atoms with Crippen LogP contribution in [0.5, 0.6) is 0 Å². The quantitative estimate of drug-likeness (QED) is 0.851. The van der Waals surface area contributed by atoms with Crippen molar-refractivity contribution >= 4 is 11.5 Å². The van der Waals surface area contributed by atoms with Crippen LogP contribution >= 0.6 is 0 Å². The van der Waals surface area contributed by atoms with Gasteiger partial charge in [0.1, 0.15) is 22.9 Å². The summed E-state index contributed by atoms with van der Waals surface area (Å²) in [6.07, 6.45) is 0.328. The highest BCUT2D eigenvalue weighted by Gasteiger charge is 2.50. The molecule has 2 unspecified atom stereocenters. The van der Waals surface area contributed by atoms with Gasteiger partial charge in [0.15, 0.2) is 0 Å². The number of aliphatic imine (C=N–C) groups is 1. The first-order chi connectivity index (χ1) is 14.0. The Labute approximate surface area is 171 Å². The van der Waals surface area contributed by atoms with Crippen molar-refractivity contribution in [3.8, 4) is 12.1 Å². The van der Waals surface area contributed by atoms with E-state index in [1.54, 1.807) is 0 Å². The summed E-state index contributed by atoms with van der Waals surface area (Å²) in [5.41, 5.74) is 8.28. The maximum atomic E-state index is 10.3. The molecule has 146 valence electrons. The van der Waals surface area contributed by atoms with Crippen molar-refractivity contribution < 1.29 is 4.74 Å². The fraction of sp³-hybridized carbons (Fsp3) is 0.261. The van der Waals surface area contributed by atoms with Crippen molar-refractivity contribution in [3.05, 3.63) is 77.2 Å². The van der Waals surface area contributed by atoms with Gasteiger partial charge in [-0.1, -0.05) is 42.5 Å². The minimum atomic E-state index is -1.20. The fourth-order valence-electron chi connectivity index (χ4n) is 3.74. The van der Waals surface area contributed by atoms with Gasteiger partial charge in [-0.3, -0.25) is 0 Å². The van der Waals surface area contributed by atoms with Crippen LogP contribution in [0.2, 0.25) is 0 Å². The molecule has 2 N–H and O–H groups in total. The Balaban J connectivity index is 2.16. The molecule has 3 rings (SSSR count). The lowest BCUT2D eigenvalue weighted by atomic mass is 9.64. The maximum Gasteiger partial charge on any atom is 0.229 e. The first kappa shape index (κ1) is 20.0. The van der Waals surface area contributed by atoms with Crippen LogP contribution in [0.25, 0.3) is 0 Å². The molecule has 0 fully saturated rings. The average molecular weight is 385 g/mol. The van der Waals surface area contributed by atoms with E-state index in [2.05, 4.69) is 17.1 Å². The molecule has 1 aliphatic rings. The van der Waals surface area contributed by atoms with E-state index in [1.807, 2.05) is 73.6 Å². The van der Waals surface area contributed by atoms with Crippen molar-refractivity contribution in [2.45, 2.75) is 12.3 Å². The molecule has 0 amide bonds. The second kappa shape index (κ2) is 8.08. The summed E-state index contributed by atoms with van der Waals surface area (Å²) in [6, 6.07) is 22.0. The summed E-state index contributed by atoms with van der Waals surface area (Å²) in [5, 5.41) is 20.2. The molecular weight excluding hydrogens is 362 g/mol. The number of nitrogens with two attached hydrogens (primary N) is 1. The van der Waals surface area contributed by atoms with Gasteiger partial charge in [0.05, 0.1) is 19.1 Å². The number of nitriles is 2. The number of amidine groups is 1. The van der Waals surface area contributed by atoms with Gasteiger partial charge in [0.25, 0.3) is 0 Å². The number of allylic oxidation sites excluding steroid dienone is 1. The van der Waals surface area contributed by atoms with E-state index in [1.165, 1.54) is 7.11 Å². The number of hydrogen-bond donors (Lipinski definition) is 1. The molecule has 2 aromatic carbocycles. The monoisotopic (exact) mass is 385 g/mol. The molecule has 1 aliphatic heterocycles. The topological polar surface area (TPSA) is 98.4 Å². The second-order valence-corrected chi connectivity index (χ2v) is 7.20. The van der Waals surface area contributed by atoms with E-state index in [9.17, 15) is 10.5 Å². The van der Waals surface area contributed by atoms with E-state index in [4.69, 9.17) is 10.5 Å². The summed E-state index contributed by atoms with van der Waals surface area (Å²) < 4.78 is 5.32. The molecule has 1 heterocycles. The maximum absolute atomic E-state index is 10.3. The number of rotatable bonds is 5. The van der Waals surface area contributed by atoms with Crippen LogP contribution in [0, 0.1) is 28.1 Å². The molecule has 0 bridgehead atoms. The van der Waals surface area contributed by atoms with E-state index < -0.39 is 11.3 Å². The van der Waals surface area contributed by atoms with E-state index in [0.29, 0.717) is 12.0 Å². The normalized spacial score (nSPS) is 21.0. The van der Waals surface area contributed by atoms with Gasteiger partial charge < -0.3 is 15.4 Å². The zero-order chi connectivity index (χ0) is 21.0. The Hall–Kier alpha value is -3.77. The second-order valence-electron chi connectivity index (χ2n) is 7.20. The van der Waals surface area contributed by atoms with Crippen molar-refractivity contribution in [2.24, 2.45) is 16.1 Å². The SMILES string of the molecule is COC1=C(C#N)C(c2ccccc2)C(C#N)(Cc2ccc(N(C)C)cc2)C(N)=N1. The Bertz CT molecular complexity index is 1030. The molecule has 0 aliphatic carbocycles. The molecule has 2 aromatic rings. The van der Waals surface area contributed by atoms with Crippen LogP contribution in [-0.4, -0.2) is 27.0 Å². The third-order valence-electron chi connectivity index (χ3n) is 5.27. The van der Waals surface area contributed by atoms with Crippen molar-refractivity contribution in [2.75, 3.05) is 26.1 Å². The molecule has 0 spiro atoms. The number of benzene rings is 2. The fourth-order valence-corrected chi connectivity index (χ4v) is 3.74. The smallest absolute Gasteiger partial charge is 0.229 e. The summed E-state index contributed by atoms with van der Waals surface area (Å²) in [4.78, 5) is 6.30. The number of nitrogens with zero attached hydrogens (tertiary/aromatic N) is 4. The Morgan fingerprint density at radius 3 is 2.28 bits per heavy atom. The Morgan fingerprint density at radius 1 is 1.10 bits per heavy atom. The van der Waals surface area contributed by atoms with E-state index in [-0.39, 0.29) is 11.7 Å². The van der Waals surface area contributed by atoms with Gasteiger partial charge in [0.2, 0.25) is 5.88 Å². The molecule has 0 radical (unpaired) electrons. The average Bonchev–Trinajstić information content (AvgIpc) is 2.75.